The van der Waals surface area contributed by atoms with Crippen molar-refractivity contribution in [3.8, 4) is 0 Å². The van der Waals surface area contributed by atoms with Crippen molar-refractivity contribution in [2.45, 2.75) is 32.6 Å². The summed E-state index contributed by atoms with van der Waals surface area (Å²) in [7, 11) is 0. The summed E-state index contributed by atoms with van der Waals surface area (Å²) in [6.07, 6.45) is 0.791. The second kappa shape index (κ2) is 5.54. The maximum Gasteiger partial charge on any atom is 0.222 e. The lowest BCUT2D eigenvalue weighted by Gasteiger charge is -2.19. The molecule has 118 valence electrons. The molecule has 0 atom stereocenters. The number of hydrogen-bond acceptors (Lipinski definition) is 4. The van der Waals surface area contributed by atoms with Gasteiger partial charge in [0, 0.05) is 5.39 Å². The van der Waals surface area contributed by atoms with Gasteiger partial charge in [-0.1, -0.05) is 57.2 Å². The van der Waals surface area contributed by atoms with Gasteiger partial charge in [0.05, 0.1) is 5.52 Å². The van der Waals surface area contributed by atoms with E-state index in [0.717, 1.165) is 22.9 Å². The van der Waals surface area contributed by atoms with Crippen molar-refractivity contribution in [2.24, 2.45) is 0 Å². The molecule has 0 aliphatic carbocycles. The average Bonchev–Trinajstić information content (AvgIpc) is 2.46. The fraction of sp³-hybridized carbons (Fsp3) is 0.263. The Hall–Kier alpha value is -2.62. The molecule has 0 radical (unpaired) electrons. The molecule has 4 N–H and O–H groups in total. The van der Waals surface area contributed by atoms with Crippen LogP contribution >= 0.6 is 0 Å². The van der Waals surface area contributed by atoms with Crippen LogP contribution in [0.25, 0.3) is 10.9 Å². The molecule has 3 rings (SSSR count). The molecule has 0 spiro atoms. The van der Waals surface area contributed by atoms with Gasteiger partial charge in [-0.3, -0.25) is 0 Å². The van der Waals surface area contributed by atoms with Crippen LogP contribution in [0.3, 0.4) is 0 Å². The molecule has 0 aliphatic heterocycles. The summed E-state index contributed by atoms with van der Waals surface area (Å²) in [4.78, 5) is 8.37. The maximum absolute atomic E-state index is 6.06. The van der Waals surface area contributed by atoms with Gasteiger partial charge < -0.3 is 11.5 Å². The smallest absolute Gasteiger partial charge is 0.222 e. The minimum Gasteiger partial charge on any atom is -0.383 e. The largest absolute Gasteiger partial charge is 0.383 e. The highest BCUT2D eigenvalue weighted by Crippen LogP contribution is 2.27. The Morgan fingerprint density at radius 1 is 0.913 bits per heavy atom. The zero-order valence-corrected chi connectivity index (χ0v) is 13.8. The van der Waals surface area contributed by atoms with Crippen LogP contribution in [0.1, 0.15) is 37.5 Å². The van der Waals surface area contributed by atoms with E-state index in [1.54, 1.807) is 0 Å². The summed E-state index contributed by atoms with van der Waals surface area (Å²) in [5.41, 5.74) is 16.4. The molecule has 23 heavy (non-hydrogen) atoms. The van der Waals surface area contributed by atoms with E-state index in [1.807, 2.05) is 12.1 Å². The second-order valence-corrected chi connectivity index (χ2v) is 6.90. The van der Waals surface area contributed by atoms with E-state index in [1.165, 1.54) is 11.1 Å². The highest BCUT2D eigenvalue weighted by Gasteiger charge is 2.13. The molecule has 0 saturated heterocycles. The summed E-state index contributed by atoms with van der Waals surface area (Å²) in [6, 6.07) is 14.7. The number of nitrogens with two attached hydrogens (primary N) is 2. The minimum absolute atomic E-state index is 0.160. The Kier molecular flexibility index (Phi) is 3.68. The standard InChI is InChI=1S/C19H22N4/c1-19(2,3)14-9-7-12(8-10-14)11-13-5-4-6-15-16(13)17(20)23-18(21)22-15/h4-10H,11H2,1-3H3,(H4,20,21,22,23). The third-order valence-corrected chi connectivity index (χ3v) is 4.07. The van der Waals surface area contributed by atoms with Crippen molar-refractivity contribution >= 4 is 22.7 Å². The Morgan fingerprint density at radius 2 is 1.61 bits per heavy atom. The van der Waals surface area contributed by atoms with E-state index < -0.39 is 0 Å². The lowest BCUT2D eigenvalue weighted by Crippen LogP contribution is -2.10. The van der Waals surface area contributed by atoms with Crippen molar-refractivity contribution < 1.29 is 0 Å². The Balaban J connectivity index is 1.99. The number of aromatic nitrogens is 2. The zero-order chi connectivity index (χ0) is 16.6. The summed E-state index contributed by atoms with van der Waals surface area (Å²) in [5.74, 6) is 0.649. The van der Waals surface area contributed by atoms with Crippen LogP contribution in [-0.2, 0) is 11.8 Å². The summed E-state index contributed by atoms with van der Waals surface area (Å²) in [5, 5.41) is 0.890. The first-order valence-electron chi connectivity index (χ1n) is 7.74. The van der Waals surface area contributed by atoms with Gasteiger partial charge >= 0.3 is 0 Å². The predicted molar refractivity (Wildman–Crippen MR) is 96.3 cm³/mol. The first-order chi connectivity index (χ1) is 10.8. The maximum atomic E-state index is 6.06. The first-order valence-corrected chi connectivity index (χ1v) is 7.74. The van der Waals surface area contributed by atoms with Crippen LogP contribution in [-0.4, -0.2) is 9.97 Å². The SMILES string of the molecule is CC(C)(C)c1ccc(Cc2cccc3nc(N)nc(N)c23)cc1. The van der Waals surface area contributed by atoms with Gasteiger partial charge in [-0.25, -0.2) is 4.98 Å². The van der Waals surface area contributed by atoms with E-state index >= 15 is 0 Å². The number of hydrogen-bond donors (Lipinski definition) is 2. The van der Waals surface area contributed by atoms with Gasteiger partial charge in [0.2, 0.25) is 5.95 Å². The van der Waals surface area contributed by atoms with Gasteiger partial charge in [-0.15, -0.1) is 0 Å². The van der Waals surface area contributed by atoms with Gasteiger partial charge in [-0.05, 0) is 34.6 Å². The molecule has 0 amide bonds. The summed E-state index contributed by atoms with van der Waals surface area (Å²) < 4.78 is 0. The lowest BCUT2D eigenvalue weighted by atomic mass is 9.86. The van der Waals surface area contributed by atoms with Gasteiger partial charge in [0.1, 0.15) is 5.82 Å². The third kappa shape index (κ3) is 3.11. The molecule has 1 heterocycles. The quantitative estimate of drug-likeness (QED) is 0.757. The lowest BCUT2D eigenvalue weighted by molar-refractivity contribution is 0.590. The Labute approximate surface area is 136 Å². The minimum atomic E-state index is 0.160. The van der Waals surface area contributed by atoms with Crippen LogP contribution in [0.15, 0.2) is 42.5 Å². The fourth-order valence-corrected chi connectivity index (χ4v) is 2.79. The topological polar surface area (TPSA) is 77.8 Å². The van der Waals surface area contributed by atoms with E-state index in [0.29, 0.717) is 5.82 Å². The van der Waals surface area contributed by atoms with Crippen molar-refractivity contribution in [3.63, 3.8) is 0 Å². The molecule has 1 aromatic heterocycles. The molecule has 4 heteroatoms. The molecular weight excluding hydrogens is 284 g/mol. The zero-order valence-electron chi connectivity index (χ0n) is 13.8. The molecule has 2 aromatic carbocycles. The van der Waals surface area contributed by atoms with E-state index in [-0.39, 0.29) is 11.4 Å². The van der Waals surface area contributed by atoms with Crippen LogP contribution in [0.4, 0.5) is 11.8 Å². The van der Waals surface area contributed by atoms with E-state index in [4.69, 9.17) is 11.5 Å². The number of fused-ring (bicyclic) bond motifs is 1. The molecule has 0 saturated carbocycles. The van der Waals surface area contributed by atoms with Crippen molar-refractivity contribution in [1.29, 1.82) is 0 Å². The molecule has 4 nitrogen and oxygen atoms in total. The second-order valence-electron chi connectivity index (χ2n) is 6.90. The monoisotopic (exact) mass is 306 g/mol. The average molecular weight is 306 g/mol. The van der Waals surface area contributed by atoms with Crippen molar-refractivity contribution in [3.05, 3.63) is 59.2 Å². The van der Waals surface area contributed by atoms with Gasteiger partial charge in [0.15, 0.2) is 0 Å². The first kappa shape index (κ1) is 15.3. The normalized spacial score (nSPS) is 11.8. The molecule has 0 aliphatic rings. The number of rotatable bonds is 2. The molecule has 0 unspecified atom stereocenters. The highest BCUT2D eigenvalue weighted by atomic mass is 15.0. The van der Waals surface area contributed by atoms with Gasteiger partial charge in [0.25, 0.3) is 0 Å². The van der Waals surface area contributed by atoms with Crippen LogP contribution in [0.2, 0.25) is 0 Å². The Bertz CT molecular complexity index is 846. The number of nitrogens with zero attached hydrogens (tertiary/aromatic N) is 2. The summed E-state index contributed by atoms with van der Waals surface area (Å²) in [6.45, 7) is 6.65. The van der Waals surface area contributed by atoms with Crippen molar-refractivity contribution in [2.75, 3.05) is 11.5 Å². The molecule has 0 fully saturated rings. The number of nitrogen functional groups attached to an aromatic ring is 2. The molecule has 0 bridgehead atoms. The predicted octanol–water partition coefficient (Wildman–Crippen LogP) is 3.68. The molecular formula is C19H22N4. The number of anilines is 2. The third-order valence-electron chi connectivity index (χ3n) is 4.07. The van der Waals surface area contributed by atoms with E-state index in [9.17, 15) is 0 Å². The van der Waals surface area contributed by atoms with Crippen molar-refractivity contribution in [1.82, 2.24) is 9.97 Å². The van der Waals surface area contributed by atoms with Crippen LogP contribution in [0, 0.1) is 0 Å². The number of benzene rings is 2. The van der Waals surface area contributed by atoms with Crippen LogP contribution < -0.4 is 11.5 Å². The molecule has 3 aromatic rings. The van der Waals surface area contributed by atoms with Crippen LogP contribution in [0.5, 0.6) is 0 Å². The summed E-state index contributed by atoms with van der Waals surface area (Å²) >= 11 is 0. The van der Waals surface area contributed by atoms with Gasteiger partial charge in [-0.2, -0.15) is 4.98 Å². The fourth-order valence-electron chi connectivity index (χ4n) is 2.79. The van der Waals surface area contributed by atoms with E-state index in [2.05, 4.69) is 61.1 Å². The highest BCUT2D eigenvalue weighted by molar-refractivity contribution is 5.92. The Morgan fingerprint density at radius 3 is 2.26 bits per heavy atom.